The van der Waals surface area contributed by atoms with Crippen LogP contribution in [0.25, 0.3) is 5.65 Å². The molecule has 1 unspecified atom stereocenters. The molecule has 1 aliphatic heterocycles. The number of piperidine rings is 1. The fourth-order valence-electron chi connectivity index (χ4n) is 3.05. The average molecular weight is 323 g/mol. The van der Waals surface area contributed by atoms with E-state index in [-0.39, 0.29) is 18.0 Å². The molecule has 0 bridgehead atoms. The Morgan fingerprint density at radius 3 is 3.05 bits per heavy atom. The van der Waals surface area contributed by atoms with E-state index in [0.29, 0.717) is 6.04 Å². The van der Waals surface area contributed by atoms with E-state index in [4.69, 9.17) is 0 Å². The second kappa shape index (κ2) is 7.22. The molecule has 3 heterocycles. The number of pyridine rings is 1. The van der Waals surface area contributed by atoms with Crippen LogP contribution in [-0.4, -0.2) is 40.5 Å². The molecule has 0 radical (unpaired) electrons. The van der Waals surface area contributed by atoms with Crippen LogP contribution >= 0.6 is 12.4 Å². The summed E-state index contributed by atoms with van der Waals surface area (Å²) in [5, 5.41) is 3.34. The van der Waals surface area contributed by atoms with Gasteiger partial charge in [0.05, 0.1) is 5.69 Å². The Hall–Kier alpha value is -1.43. The number of nitrogens with zero attached hydrogens (tertiary/aromatic N) is 3. The zero-order valence-corrected chi connectivity index (χ0v) is 13.9. The SMILES string of the molecule is CNC1CCCN(Cc2cc(=O)n3cccc(C)c3n2)C1.Cl. The van der Waals surface area contributed by atoms with Crippen LogP contribution in [0.15, 0.2) is 29.2 Å². The molecule has 1 atom stereocenters. The second-order valence-corrected chi connectivity index (χ2v) is 5.83. The molecule has 0 aliphatic carbocycles. The van der Waals surface area contributed by atoms with Gasteiger partial charge < -0.3 is 5.32 Å². The maximum atomic E-state index is 12.2. The molecule has 6 heteroatoms. The van der Waals surface area contributed by atoms with Gasteiger partial charge in [0.1, 0.15) is 5.65 Å². The summed E-state index contributed by atoms with van der Waals surface area (Å²) in [7, 11) is 2.01. The van der Waals surface area contributed by atoms with Crippen molar-refractivity contribution in [1.82, 2.24) is 19.6 Å². The minimum atomic E-state index is 0. The Labute approximate surface area is 136 Å². The normalized spacial score (nSPS) is 19.1. The Morgan fingerprint density at radius 1 is 1.45 bits per heavy atom. The summed E-state index contributed by atoms with van der Waals surface area (Å²) in [5.74, 6) is 0. The quantitative estimate of drug-likeness (QED) is 0.932. The molecule has 0 saturated carbocycles. The number of halogens is 1. The van der Waals surface area contributed by atoms with Crippen LogP contribution < -0.4 is 10.9 Å². The topological polar surface area (TPSA) is 49.6 Å². The number of rotatable bonds is 3. The van der Waals surface area contributed by atoms with Gasteiger partial charge in [-0.2, -0.15) is 0 Å². The summed E-state index contributed by atoms with van der Waals surface area (Å²) in [6.07, 6.45) is 4.19. The lowest BCUT2D eigenvalue weighted by Crippen LogP contribution is -2.44. The zero-order chi connectivity index (χ0) is 14.8. The van der Waals surface area contributed by atoms with Gasteiger partial charge in [-0.1, -0.05) is 6.07 Å². The summed E-state index contributed by atoms with van der Waals surface area (Å²) < 4.78 is 1.62. The highest BCUT2D eigenvalue weighted by molar-refractivity contribution is 5.85. The van der Waals surface area contributed by atoms with Crippen molar-refractivity contribution in [2.45, 2.75) is 32.4 Å². The fourth-order valence-corrected chi connectivity index (χ4v) is 3.05. The van der Waals surface area contributed by atoms with Crippen LogP contribution in [0.1, 0.15) is 24.1 Å². The Kier molecular flexibility index (Phi) is 5.56. The predicted molar refractivity (Wildman–Crippen MR) is 90.8 cm³/mol. The van der Waals surface area contributed by atoms with Gasteiger partial charge in [-0.3, -0.25) is 14.1 Å². The molecule has 1 saturated heterocycles. The van der Waals surface area contributed by atoms with Crippen LogP contribution in [-0.2, 0) is 6.54 Å². The summed E-state index contributed by atoms with van der Waals surface area (Å²) in [4.78, 5) is 19.3. The maximum absolute atomic E-state index is 12.2. The molecule has 1 fully saturated rings. The minimum absolute atomic E-state index is 0. The van der Waals surface area contributed by atoms with Crippen molar-refractivity contribution in [2.75, 3.05) is 20.1 Å². The van der Waals surface area contributed by atoms with Crippen molar-refractivity contribution in [2.24, 2.45) is 0 Å². The molecular weight excluding hydrogens is 300 g/mol. The lowest BCUT2D eigenvalue weighted by atomic mass is 10.1. The standard InChI is InChI=1S/C16H22N4O.ClH/c1-12-5-3-8-20-15(21)9-14(18-16(12)20)11-19-7-4-6-13(10-19)17-2;/h3,5,8-9,13,17H,4,6-7,10-11H2,1-2H3;1H. The number of aromatic nitrogens is 2. The number of nitrogens with one attached hydrogen (secondary N) is 1. The van der Waals surface area contributed by atoms with Crippen molar-refractivity contribution in [3.8, 4) is 0 Å². The molecule has 0 amide bonds. The Morgan fingerprint density at radius 2 is 2.27 bits per heavy atom. The van der Waals surface area contributed by atoms with Gasteiger partial charge in [-0.25, -0.2) is 4.98 Å². The fraction of sp³-hybridized carbons (Fsp3) is 0.500. The van der Waals surface area contributed by atoms with E-state index >= 15 is 0 Å². The van der Waals surface area contributed by atoms with Crippen LogP contribution in [0.3, 0.4) is 0 Å². The predicted octanol–water partition coefficient (Wildman–Crippen LogP) is 1.61. The van der Waals surface area contributed by atoms with Crippen molar-refractivity contribution in [3.05, 3.63) is 46.0 Å². The van der Waals surface area contributed by atoms with E-state index < -0.39 is 0 Å². The Bertz CT molecular complexity index is 700. The number of hydrogen-bond acceptors (Lipinski definition) is 4. The van der Waals surface area contributed by atoms with Crippen molar-refractivity contribution in [1.29, 1.82) is 0 Å². The maximum Gasteiger partial charge on any atom is 0.258 e. The first-order chi connectivity index (χ1) is 10.2. The third-order valence-electron chi connectivity index (χ3n) is 4.24. The van der Waals surface area contributed by atoms with Crippen LogP contribution in [0.2, 0.25) is 0 Å². The number of likely N-dealkylation sites (N-methyl/N-ethyl adjacent to an activating group) is 1. The molecule has 0 spiro atoms. The minimum Gasteiger partial charge on any atom is -0.316 e. The summed E-state index contributed by atoms with van der Waals surface area (Å²) in [6.45, 7) is 4.83. The third kappa shape index (κ3) is 3.48. The van der Waals surface area contributed by atoms with Crippen LogP contribution in [0.4, 0.5) is 0 Å². The van der Waals surface area contributed by atoms with Gasteiger partial charge >= 0.3 is 0 Å². The Balaban J connectivity index is 0.00000176. The first-order valence-corrected chi connectivity index (χ1v) is 7.55. The number of fused-ring (bicyclic) bond motifs is 1. The van der Waals surface area contributed by atoms with Gasteiger partial charge in [0.15, 0.2) is 0 Å². The van der Waals surface area contributed by atoms with E-state index in [1.165, 1.54) is 12.8 Å². The highest BCUT2D eigenvalue weighted by atomic mass is 35.5. The van der Waals surface area contributed by atoms with E-state index in [1.807, 2.05) is 26.1 Å². The van der Waals surface area contributed by atoms with Gasteiger partial charge in [0.25, 0.3) is 5.56 Å². The van der Waals surface area contributed by atoms with Crippen LogP contribution in [0.5, 0.6) is 0 Å². The lowest BCUT2D eigenvalue weighted by Gasteiger charge is -2.32. The van der Waals surface area contributed by atoms with Gasteiger partial charge in [0, 0.05) is 31.4 Å². The largest absolute Gasteiger partial charge is 0.316 e. The molecule has 0 aromatic carbocycles. The summed E-state index contributed by atoms with van der Waals surface area (Å²) in [5.41, 5.74) is 2.66. The summed E-state index contributed by atoms with van der Waals surface area (Å²) >= 11 is 0. The van der Waals surface area contributed by atoms with Gasteiger partial charge in [-0.15, -0.1) is 12.4 Å². The first kappa shape index (κ1) is 16.9. The van der Waals surface area contributed by atoms with Gasteiger partial charge in [0.2, 0.25) is 0 Å². The molecule has 1 N–H and O–H groups in total. The molecule has 22 heavy (non-hydrogen) atoms. The van der Waals surface area contributed by atoms with E-state index in [2.05, 4.69) is 15.2 Å². The molecule has 120 valence electrons. The van der Waals surface area contributed by atoms with E-state index in [9.17, 15) is 4.79 Å². The molecule has 2 aromatic heterocycles. The van der Waals surface area contributed by atoms with Crippen molar-refractivity contribution < 1.29 is 0 Å². The van der Waals surface area contributed by atoms with Crippen LogP contribution in [0, 0.1) is 6.92 Å². The highest BCUT2D eigenvalue weighted by Crippen LogP contribution is 2.13. The molecular formula is C16H23ClN4O. The van der Waals surface area contributed by atoms with E-state index in [0.717, 1.165) is 36.5 Å². The number of likely N-dealkylation sites (tertiary alicyclic amines) is 1. The third-order valence-corrected chi connectivity index (χ3v) is 4.24. The molecule has 2 aromatic rings. The number of aryl methyl sites for hydroxylation is 1. The molecule has 1 aliphatic rings. The molecule has 5 nitrogen and oxygen atoms in total. The zero-order valence-electron chi connectivity index (χ0n) is 13.1. The highest BCUT2D eigenvalue weighted by Gasteiger charge is 2.19. The van der Waals surface area contributed by atoms with E-state index in [1.54, 1.807) is 16.7 Å². The number of hydrogen-bond donors (Lipinski definition) is 1. The van der Waals surface area contributed by atoms with Crippen molar-refractivity contribution >= 4 is 18.1 Å². The second-order valence-electron chi connectivity index (χ2n) is 5.83. The lowest BCUT2D eigenvalue weighted by molar-refractivity contribution is 0.186. The van der Waals surface area contributed by atoms with Gasteiger partial charge in [-0.05, 0) is 45.0 Å². The smallest absolute Gasteiger partial charge is 0.258 e. The monoisotopic (exact) mass is 322 g/mol. The van der Waals surface area contributed by atoms with Crippen molar-refractivity contribution in [3.63, 3.8) is 0 Å². The average Bonchev–Trinajstić information content (AvgIpc) is 2.49. The summed E-state index contributed by atoms with van der Waals surface area (Å²) in [6, 6.07) is 6.08. The molecule has 3 rings (SSSR count). The first-order valence-electron chi connectivity index (χ1n) is 7.55.